The smallest absolute Gasteiger partial charge is 0.315 e. The number of carbonyl (C=O) groups excluding carboxylic acids is 1. The van der Waals surface area contributed by atoms with Crippen molar-refractivity contribution in [1.29, 1.82) is 0 Å². The molecule has 1 saturated heterocycles. The van der Waals surface area contributed by atoms with Gasteiger partial charge in [-0.2, -0.15) is 0 Å². The summed E-state index contributed by atoms with van der Waals surface area (Å²) in [5.74, 6) is 0.429. The first-order valence-corrected chi connectivity index (χ1v) is 9.01. The molecule has 5 heteroatoms. The molecule has 3 rings (SSSR count). The van der Waals surface area contributed by atoms with Crippen LogP contribution < -0.4 is 10.6 Å². The zero-order chi connectivity index (χ0) is 15.4. The highest BCUT2D eigenvalue weighted by atomic mass is 16.5. The Labute approximate surface area is 133 Å². The third-order valence-corrected chi connectivity index (χ3v) is 5.78. The summed E-state index contributed by atoms with van der Waals surface area (Å²) in [7, 11) is 0. The molecule has 2 aliphatic carbocycles. The number of aliphatic hydroxyl groups excluding tert-OH is 1. The fourth-order valence-electron chi connectivity index (χ4n) is 4.42. The lowest BCUT2D eigenvalue weighted by atomic mass is 9.86. The van der Waals surface area contributed by atoms with Gasteiger partial charge in [0, 0.05) is 25.3 Å². The minimum absolute atomic E-state index is 0.0208. The fraction of sp³-hybridized carbons (Fsp3) is 0.941. The van der Waals surface area contributed by atoms with Gasteiger partial charge in [-0.3, -0.25) is 0 Å². The molecule has 0 aromatic rings. The van der Waals surface area contributed by atoms with E-state index in [1.807, 2.05) is 0 Å². The molecule has 2 amide bonds. The predicted molar refractivity (Wildman–Crippen MR) is 84.7 cm³/mol. The van der Waals surface area contributed by atoms with Crippen LogP contribution in [0.3, 0.4) is 0 Å². The summed E-state index contributed by atoms with van der Waals surface area (Å²) in [5.41, 5.74) is 0.0510. The van der Waals surface area contributed by atoms with E-state index in [0.717, 1.165) is 58.0 Å². The Kier molecular flexibility index (Phi) is 5.24. The second-order valence-corrected chi connectivity index (χ2v) is 7.45. The molecular formula is C17H30N2O3. The minimum atomic E-state index is -0.0208. The minimum Gasteiger partial charge on any atom is -0.396 e. The number of ether oxygens (including phenoxy) is 1. The molecule has 2 saturated carbocycles. The molecule has 0 aromatic carbocycles. The van der Waals surface area contributed by atoms with Crippen molar-refractivity contribution in [2.45, 2.75) is 81.9 Å². The summed E-state index contributed by atoms with van der Waals surface area (Å²) in [5, 5.41) is 15.4. The molecule has 3 fully saturated rings. The van der Waals surface area contributed by atoms with Crippen molar-refractivity contribution >= 4 is 6.03 Å². The van der Waals surface area contributed by atoms with Crippen LogP contribution in [0, 0.1) is 5.92 Å². The Bertz CT molecular complexity index is 374. The van der Waals surface area contributed by atoms with Crippen LogP contribution in [0.15, 0.2) is 0 Å². The maximum atomic E-state index is 12.2. The molecule has 0 aromatic heterocycles. The largest absolute Gasteiger partial charge is 0.396 e. The van der Waals surface area contributed by atoms with Crippen molar-refractivity contribution in [1.82, 2.24) is 10.6 Å². The van der Waals surface area contributed by atoms with Crippen LogP contribution >= 0.6 is 0 Å². The van der Waals surface area contributed by atoms with Gasteiger partial charge in [-0.05, 0) is 57.3 Å². The zero-order valence-electron chi connectivity index (χ0n) is 13.5. The van der Waals surface area contributed by atoms with E-state index in [-0.39, 0.29) is 30.3 Å². The molecule has 0 radical (unpaired) electrons. The van der Waals surface area contributed by atoms with Crippen molar-refractivity contribution in [3.63, 3.8) is 0 Å². The van der Waals surface area contributed by atoms with Crippen molar-refractivity contribution in [3.8, 4) is 0 Å². The van der Waals surface area contributed by atoms with Crippen LogP contribution in [0.5, 0.6) is 0 Å². The quantitative estimate of drug-likeness (QED) is 0.749. The summed E-state index contributed by atoms with van der Waals surface area (Å²) in [4.78, 5) is 12.2. The van der Waals surface area contributed by atoms with E-state index in [4.69, 9.17) is 9.84 Å². The summed E-state index contributed by atoms with van der Waals surface area (Å²) in [6, 6.07) is 0.496. The summed E-state index contributed by atoms with van der Waals surface area (Å²) < 4.78 is 6.02. The van der Waals surface area contributed by atoms with E-state index in [9.17, 15) is 4.79 Å². The number of hydrogen-bond donors (Lipinski definition) is 3. The molecule has 3 aliphatic rings. The van der Waals surface area contributed by atoms with E-state index in [0.29, 0.717) is 5.92 Å². The normalized spacial score (nSPS) is 34.5. The van der Waals surface area contributed by atoms with Gasteiger partial charge in [-0.25, -0.2) is 4.79 Å². The number of urea groups is 1. The monoisotopic (exact) mass is 310 g/mol. The molecule has 1 aliphatic heterocycles. The zero-order valence-corrected chi connectivity index (χ0v) is 13.5. The maximum Gasteiger partial charge on any atom is 0.315 e. The maximum absolute atomic E-state index is 12.2. The van der Waals surface area contributed by atoms with E-state index in [2.05, 4.69) is 10.6 Å². The first kappa shape index (κ1) is 16.1. The molecule has 1 spiro atoms. The van der Waals surface area contributed by atoms with Gasteiger partial charge in [0.1, 0.15) is 0 Å². The Morgan fingerprint density at radius 1 is 1.05 bits per heavy atom. The van der Waals surface area contributed by atoms with Crippen LogP contribution in [-0.4, -0.2) is 42.0 Å². The summed E-state index contributed by atoms with van der Waals surface area (Å²) in [6.45, 7) is 1.05. The molecule has 5 nitrogen and oxygen atoms in total. The lowest BCUT2D eigenvalue weighted by molar-refractivity contribution is -0.0820. The highest BCUT2D eigenvalue weighted by Gasteiger charge is 2.40. The highest BCUT2D eigenvalue weighted by Crippen LogP contribution is 2.39. The molecule has 1 heterocycles. The van der Waals surface area contributed by atoms with Crippen LogP contribution in [0.1, 0.15) is 64.2 Å². The van der Waals surface area contributed by atoms with Crippen molar-refractivity contribution < 1.29 is 14.6 Å². The topological polar surface area (TPSA) is 70.6 Å². The summed E-state index contributed by atoms with van der Waals surface area (Å²) >= 11 is 0. The number of nitrogens with one attached hydrogen (secondary N) is 2. The van der Waals surface area contributed by atoms with Gasteiger partial charge >= 0.3 is 6.03 Å². The van der Waals surface area contributed by atoms with Crippen molar-refractivity contribution in [2.24, 2.45) is 5.92 Å². The van der Waals surface area contributed by atoms with E-state index in [1.165, 1.54) is 12.8 Å². The number of aliphatic hydroxyl groups is 1. The standard InChI is InChI=1S/C17H30N2O3/c20-12-13-3-5-14(6-4-13)18-16(21)19-15-7-10-22-17(11-15)8-1-2-9-17/h13-15,20H,1-12H2,(H2,18,19,21). The Morgan fingerprint density at radius 3 is 2.41 bits per heavy atom. The first-order valence-electron chi connectivity index (χ1n) is 9.01. The Hall–Kier alpha value is -0.810. The van der Waals surface area contributed by atoms with E-state index < -0.39 is 0 Å². The lowest BCUT2D eigenvalue weighted by Gasteiger charge is -2.38. The SMILES string of the molecule is O=C(NC1CCC(CO)CC1)NC1CCOC2(CCCC2)C1. The Balaban J connectivity index is 1.42. The predicted octanol–water partition coefficient (Wildman–Crippen LogP) is 2.33. The van der Waals surface area contributed by atoms with Gasteiger partial charge in [-0.15, -0.1) is 0 Å². The molecule has 1 unspecified atom stereocenters. The molecule has 22 heavy (non-hydrogen) atoms. The summed E-state index contributed by atoms with van der Waals surface area (Å²) in [6.07, 6.45) is 10.7. The average molecular weight is 310 g/mol. The number of rotatable bonds is 3. The lowest BCUT2D eigenvalue weighted by Crippen LogP contribution is -2.52. The number of carbonyl (C=O) groups is 1. The van der Waals surface area contributed by atoms with Gasteiger partial charge in [-0.1, -0.05) is 12.8 Å². The van der Waals surface area contributed by atoms with Crippen LogP contribution in [0.25, 0.3) is 0 Å². The second kappa shape index (κ2) is 7.18. The average Bonchev–Trinajstić information content (AvgIpc) is 2.95. The van der Waals surface area contributed by atoms with Crippen molar-refractivity contribution in [2.75, 3.05) is 13.2 Å². The van der Waals surface area contributed by atoms with Crippen LogP contribution in [0.2, 0.25) is 0 Å². The number of amides is 2. The highest BCUT2D eigenvalue weighted by molar-refractivity contribution is 5.74. The third-order valence-electron chi connectivity index (χ3n) is 5.78. The van der Waals surface area contributed by atoms with Gasteiger partial charge in [0.05, 0.1) is 5.60 Å². The second-order valence-electron chi connectivity index (χ2n) is 7.45. The molecule has 1 atom stereocenters. The van der Waals surface area contributed by atoms with Gasteiger partial charge in [0.15, 0.2) is 0 Å². The Morgan fingerprint density at radius 2 is 1.73 bits per heavy atom. The fourth-order valence-corrected chi connectivity index (χ4v) is 4.42. The number of hydrogen-bond acceptors (Lipinski definition) is 3. The van der Waals surface area contributed by atoms with E-state index in [1.54, 1.807) is 0 Å². The van der Waals surface area contributed by atoms with Gasteiger partial charge in [0.25, 0.3) is 0 Å². The van der Waals surface area contributed by atoms with Crippen LogP contribution in [-0.2, 0) is 4.74 Å². The molecular weight excluding hydrogens is 280 g/mol. The van der Waals surface area contributed by atoms with Crippen LogP contribution in [0.4, 0.5) is 4.79 Å². The van der Waals surface area contributed by atoms with Crippen molar-refractivity contribution in [3.05, 3.63) is 0 Å². The first-order chi connectivity index (χ1) is 10.7. The third kappa shape index (κ3) is 3.93. The molecule has 126 valence electrons. The van der Waals surface area contributed by atoms with E-state index >= 15 is 0 Å². The van der Waals surface area contributed by atoms with Gasteiger partial charge in [0.2, 0.25) is 0 Å². The molecule has 3 N–H and O–H groups in total. The molecule has 0 bridgehead atoms. The van der Waals surface area contributed by atoms with Gasteiger partial charge < -0.3 is 20.5 Å².